The molecule has 0 aliphatic carbocycles. The SMILES string of the molecule is COC(=O)N1CC(O)(c2ccc(N3C(=O)Cc4cc(OC)c(OC(C)C)cc4[C@@H]3c3ccc(Cl)cc3)cc2)C1. The average molecular weight is 551 g/mol. The van der Waals surface area contributed by atoms with Gasteiger partial charge in [0.05, 0.1) is 45.9 Å². The Morgan fingerprint density at radius 2 is 1.69 bits per heavy atom. The van der Waals surface area contributed by atoms with Gasteiger partial charge in [-0.1, -0.05) is 35.9 Å². The summed E-state index contributed by atoms with van der Waals surface area (Å²) in [5, 5.41) is 11.6. The number of nitrogens with zero attached hydrogens (tertiary/aromatic N) is 2. The second kappa shape index (κ2) is 10.4. The zero-order chi connectivity index (χ0) is 27.9. The third-order valence-corrected chi connectivity index (χ3v) is 7.41. The molecule has 8 nitrogen and oxygen atoms in total. The van der Waals surface area contributed by atoms with E-state index in [9.17, 15) is 14.7 Å². The summed E-state index contributed by atoms with van der Waals surface area (Å²) >= 11 is 6.20. The molecule has 0 unspecified atom stereocenters. The molecule has 2 amide bonds. The molecule has 1 N–H and O–H groups in total. The lowest BCUT2D eigenvalue weighted by Crippen LogP contribution is -2.61. The zero-order valence-electron chi connectivity index (χ0n) is 22.3. The number of halogens is 1. The first kappa shape index (κ1) is 26.8. The van der Waals surface area contributed by atoms with E-state index in [-0.39, 0.29) is 31.5 Å². The van der Waals surface area contributed by atoms with Crippen LogP contribution >= 0.6 is 11.6 Å². The standard InChI is InChI=1S/C30H31ClN2O6/c1-18(2)39-26-15-24-20(13-25(26)37-3)14-27(34)33(28(24)19-5-9-22(31)10-6-19)23-11-7-21(8-12-23)30(36)16-32(17-30)29(35)38-4/h5-13,15,18,28,36H,14,16-17H2,1-4H3/t28-/m0/s1. The molecule has 3 aromatic carbocycles. The molecule has 0 saturated carbocycles. The van der Waals surface area contributed by atoms with E-state index in [1.165, 1.54) is 12.0 Å². The second-order valence-electron chi connectivity index (χ2n) is 10.2. The zero-order valence-corrected chi connectivity index (χ0v) is 23.1. The Labute approximate surface area is 232 Å². The molecule has 204 valence electrons. The second-order valence-corrected chi connectivity index (χ2v) is 10.6. The molecule has 2 heterocycles. The van der Waals surface area contributed by atoms with Gasteiger partial charge in [0, 0.05) is 10.7 Å². The van der Waals surface area contributed by atoms with Gasteiger partial charge in [-0.3, -0.25) is 4.79 Å². The predicted octanol–water partition coefficient (Wildman–Crippen LogP) is 5.08. The molecule has 0 spiro atoms. The number of likely N-dealkylation sites (tertiary alicyclic amines) is 1. The van der Waals surface area contributed by atoms with Gasteiger partial charge in [0.25, 0.3) is 0 Å². The van der Waals surface area contributed by atoms with Crippen LogP contribution in [0.1, 0.15) is 42.1 Å². The van der Waals surface area contributed by atoms with Crippen LogP contribution in [0.3, 0.4) is 0 Å². The van der Waals surface area contributed by atoms with Crippen molar-refractivity contribution in [3.63, 3.8) is 0 Å². The van der Waals surface area contributed by atoms with Crippen molar-refractivity contribution in [1.29, 1.82) is 0 Å². The number of amides is 2. The fourth-order valence-electron chi connectivity index (χ4n) is 5.29. The summed E-state index contributed by atoms with van der Waals surface area (Å²) in [5.74, 6) is 1.11. The maximum Gasteiger partial charge on any atom is 0.409 e. The number of anilines is 1. The van der Waals surface area contributed by atoms with Crippen molar-refractivity contribution in [2.45, 2.75) is 38.0 Å². The number of carbonyl (C=O) groups is 2. The van der Waals surface area contributed by atoms with Crippen molar-refractivity contribution in [3.8, 4) is 11.5 Å². The molecule has 3 aromatic rings. The number of β-amino-alcohol motifs (C(OH)–C–C–N with tert-alkyl or cyclic N) is 1. The lowest BCUT2D eigenvalue weighted by atomic mass is 9.85. The third kappa shape index (κ3) is 5.02. The first-order valence-electron chi connectivity index (χ1n) is 12.7. The predicted molar refractivity (Wildman–Crippen MR) is 148 cm³/mol. The van der Waals surface area contributed by atoms with Gasteiger partial charge in [-0.15, -0.1) is 0 Å². The van der Waals surface area contributed by atoms with Gasteiger partial charge < -0.3 is 29.1 Å². The Balaban J connectivity index is 1.55. The van der Waals surface area contributed by atoms with Crippen LogP contribution in [0.15, 0.2) is 60.7 Å². The van der Waals surface area contributed by atoms with Gasteiger partial charge in [0.1, 0.15) is 5.60 Å². The molecule has 1 atom stereocenters. The van der Waals surface area contributed by atoms with Crippen molar-refractivity contribution in [2.75, 3.05) is 32.2 Å². The number of carbonyl (C=O) groups excluding carboxylic acids is 2. The minimum absolute atomic E-state index is 0.0628. The molecule has 9 heteroatoms. The van der Waals surface area contributed by atoms with Gasteiger partial charge in [-0.2, -0.15) is 0 Å². The molecule has 2 aliphatic heterocycles. The Bertz CT molecular complexity index is 1380. The fourth-order valence-corrected chi connectivity index (χ4v) is 5.41. The Morgan fingerprint density at radius 3 is 2.28 bits per heavy atom. The van der Waals surface area contributed by atoms with E-state index in [0.29, 0.717) is 27.8 Å². The molecule has 39 heavy (non-hydrogen) atoms. The summed E-state index contributed by atoms with van der Waals surface area (Å²) in [6, 6.07) is 18.1. The highest BCUT2D eigenvalue weighted by Crippen LogP contribution is 2.44. The van der Waals surface area contributed by atoms with Crippen molar-refractivity contribution < 1.29 is 28.9 Å². The van der Waals surface area contributed by atoms with E-state index in [0.717, 1.165) is 16.7 Å². The number of fused-ring (bicyclic) bond motifs is 1. The molecule has 1 fully saturated rings. The smallest absolute Gasteiger partial charge is 0.409 e. The molecular formula is C30H31ClN2O6. The highest BCUT2D eigenvalue weighted by Gasteiger charge is 2.46. The van der Waals surface area contributed by atoms with E-state index in [2.05, 4.69) is 0 Å². The van der Waals surface area contributed by atoms with Gasteiger partial charge in [-0.05, 0) is 72.5 Å². The molecule has 1 saturated heterocycles. The molecular weight excluding hydrogens is 520 g/mol. The minimum atomic E-state index is -1.17. The summed E-state index contributed by atoms with van der Waals surface area (Å²) in [5.41, 5.74) is 2.88. The Morgan fingerprint density at radius 1 is 1.03 bits per heavy atom. The van der Waals surface area contributed by atoms with E-state index in [1.807, 2.05) is 62.4 Å². The lowest BCUT2D eigenvalue weighted by molar-refractivity contribution is -0.118. The van der Waals surface area contributed by atoms with Crippen molar-refractivity contribution in [1.82, 2.24) is 4.90 Å². The van der Waals surface area contributed by atoms with Crippen LogP contribution in [-0.4, -0.2) is 55.4 Å². The molecule has 0 radical (unpaired) electrons. The maximum atomic E-state index is 13.7. The fraction of sp³-hybridized carbons (Fsp3) is 0.333. The first-order chi connectivity index (χ1) is 18.6. The van der Waals surface area contributed by atoms with Crippen LogP contribution in [0.25, 0.3) is 0 Å². The van der Waals surface area contributed by atoms with Gasteiger partial charge >= 0.3 is 6.09 Å². The summed E-state index contributed by atoms with van der Waals surface area (Å²) < 4.78 is 16.4. The van der Waals surface area contributed by atoms with Crippen LogP contribution in [0.5, 0.6) is 11.5 Å². The van der Waals surface area contributed by atoms with Gasteiger partial charge in [0.15, 0.2) is 11.5 Å². The number of methoxy groups -OCH3 is 2. The highest BCUT2D eigenvalue weighted by atomic mass is 35.5. The number of ether oxygens (including phenoxy) is 3. The highest BCUT2D eigenvalue weighted by molar-refractivity contribution is 6.30. The molecule has 0 bridgehead atoms. The number of hydrogen-bond acceptors (Lipinski definition) is 6. The van der Waals surface area contributed by atoms with E-state index < -0.39 is 17.7 Å². The van der Waals surface area contributed by atoms with Crippen LogP contribution in [-0.2, 0) is 21.6 Å². The molecule has 5 rings (SSSR count). The van der Waals surface area contributed by atoms with E-state index >= 15 is 0 Å². The summed E-state index contributed by atoms with van der Waals surface area (Å²) in [4.78, 5) is 28.6. The normalized spacial score (nSPS) is 17.9. The van der Waals surface area contributed by atoms with Crippen LogP contribution < -0.4 is 14.4 Å². The van der Waals surface area contributed by atoms with E-state index in [4.69, 9.17) is 25.8 Å². The Kier molecular flexibility index (Phi) is 7.18. The largest absolute Gasteiger partial charge is 0.493 e. The quantitative estimate of drug-likeness (QED) is 0.460. The topological polar surface area (TPSA) is 88.5 Å². The number of benzene rings is 3. The minimum Gasteiger partial charge on any atom is -0.493 e. The number of aliphatic hydroxyl groups is 1. The monoisotopic (exact) mass is 550 g/mol. The first-order valence-corrected chi connectivity index (χ1v) is 13.1. The van der Waals surface area contributed by atoms with Gasteiger partial charge in [-0.25, -0.2) is 4.79 Å². The van der Waals surface area contributed by atoms with E-state index in [1.54, 1.807) is 24.1 Å². The summed E-state index contributed by atoms with van der Waals surface area (Å²) in [6.45, 7) is 4.19. The Hall–Kier alpha value is -3.75. The summed E-state index contributed by atoms with van der Waals surface area (Å²) in [7, 11) is 2.90. The van der Waals surface area contributed by atoms with Crippen molar-refractivity contribution in [2.24, 2.45) is 0 Å². The number of hydrogen-bond donors (Lipinski definition) is 1. The molecule has 2 aliphatic rings. The average Bonchev–Trinajstić information content (AvgIpc) is 2.90. The summed E-state index contributed by atoms with van der Waals surface area (Å²) in [6.07, 6.45) is -0.346. The third-order valence-electron chi connectivity index (χ3n) is 7.16. The van der Waals surface area contributed by atoms with Crippen molar-refractivity contribution in [3.05, 3.63) is 87.9 Å². The van der Waals surface area contributed by atoms with Crippen LogP contribution in [0, 0.1) is 0 Å². The number of rotatable bonds is 6. The van der Waals surface area contributed by atoms with Crippen molar-refractivity contribution >= 4 is 29.3 Å². The van der Waals surface area contributed by atoms with Gasteiger partial charge in [0.2, 0.25) is 5.91 Å². The lowest BCUT2D eigenvalue weighted by Gasteiger charge is -2.45. The van der Waals surface area contributed by atoms with Crippen LogP contribution in [0.2, 0.25) is 5.02 Å². The maximum absolute atomic E-state index is 13.7. The molecule has 0 aromatic heterocycles. The van der Waals surface area contributed by atoms with Crippen LogP contribution in [0.4, 0.5) is 10.5 Å².